The van der Waals surface area contributed by atoms with E-state index in [1.165, 1.54) is 23.9 Å². The topological polar surface area (TPSA) is 98.3 Å². The summed E-state index contributed by atoms with van der Waals surface area (Å²) in [6, 6.07) is 11.4. The Balaban J connectivity index is 1.84. The van der Waals surface area contributed by atoms with E-state index in [1.54, 1.807) is 11.8 Å². The van der Waals surface area contributed by atoms with Gasteiger partial charge >= 0.3 is 0 Å². The van der Waals surface area contributed by atoms with Crippen LogP contribution >= 0.6 is 23.5 Å². The van der Waals surface area contributed by atoms with Crippen LogP contribution in [0.4, 0.5) is 17.1 Å². The van der Waals surface area contributed by atoms with E-state index in [4.69, 9.17) is 0 Å². The third-order valence-corrected chi connectivity index (χ3v) is 5.43. The number of hydrogen-bond acceptors (Lipinski definition) is 7. The molecule has 0 aromatic heterocycles. The molecule has 1 aliphatic heterocycles. The predicted octanol–water partition coefficient (Wildman–Crippen LogP) is 4.10. The van der Waals surface area contributed by atoms with Crippen LogP contribution in [0.1, 0.15) is 0 Å². The SMILES string of the molecule is O=[N+]([O-])c1ccc(SC2Nc3ccccc3S2)c([N+](=O)[O-])c1. The Morgan fingerprint density at radius 2 is 1.86 bits per heavy atom. The fourth-order valence-corrected chi connectivity index (χ4v) is 4.45. The van der Waals surface area contributed by atoms with Crippen LogP contribution in [0.2, 0.25) is 0 Å². The number of thioether (sulfide) groups is 2. The van der Waals surface area contributed by atoms with Crippen LogP contribution in [0.5, 0.6) is 0 Å². The molecule has 0 bridgehead atoms. The second kappa shape index (κ2) is 5.85. The van der Waals surface area contributed by atoms with Gasteiger partial charge in [0, 0.05) is 16.6 Å². The molecule has 2 aromatic carbocycles. The lowest BCUT2D eigenvalue weighted by atomic mass is 10.3. The lowest BCUT2D eigenvalue weighted by Gasteiger charge is -2.10. The molecular weight excluding hydrogens is 326 g/mol. The van der Waals surface area contributed by atoms with Gasteiger partial charge in [-0.25, -0.2) is 0 Å². The molecule has 1 atom stereocenters. The number of nitro groups is 2. The van der Waals surface area contributed by atoms with Crippen molar-refractivity contribution in [2.75, 3.05) is 5.32 Å². The highest BCUT2D eigenvalue weighted by Gasteiger charge is 2.26. The first kappa shape index (κ1) is 14.7. The largest absolute Gasteiger partial charge is 0.363 e. The molecule has 0 amide bonds. The van der Waals surface area contributed by atoms with Crippen LogP contribution in [0.15, 0.2) is 52.3 Å². The van der Waals surface area contributed by atoms with Gasteiger partial charge in [-0.1, -0.05) is 35.7 Å². The molecule has 0 saturated heterocycles. The normalized spacial score (nSPS) is 15.9. The molecule has 2 aromatic rings. The van der Waals surface area contributed by atoms with Crippen LogP contribution in [-0.2, 0) is 0 Å². The first-order valence-corrected chi connectivity index (χ1v) is 7.92. The minimum Gasteiger partial charge on any atom is -0.363 e. The average Bonchev–Trinajstić information content (AvgIpc) is 2.89. The number of benzene rings is 2. The van der Waals surface area contributed by atoms with E-state index < -0.39 is 9.85 Å². The Kier molecular flexibility index (Phi) is 3.90. The molecule has 112 valence electrons. The van der Waals surface area contributed by atoms with E-state index in [0.717, 1.165) is 16.6 Å². The summed E-state index contributed by atoms with van der Waals surface area (Å²) in [5.74, 6) is 0. The van der Waals surface area contributed by atoms with Crippen LogP contribution in [0, 0.1) is 20.2 Å². The third kappa shape index (κ3) is 2.85. The highest BCUT2D eigenvalue weighted by Crippen LogP contribution is 2.46. The quantitative estimate of drug-likeness (QED) is 0.663. The van der Waals surface area contributed by atoms with Crippen molar-refractivity contribution in [1.29, 1.82) is 0 Å². The van der Waals surface area contributed by atoms with Gasteiger partial charge in [-0.05, 0) is 18.2 Å². The first-order chi connectivity index (χ1) is 10.5. The van der Waals surface area contributed by atoms with Crippen molar-refractivity contribution >= 4 is 40.6 Å². The number of para-hydroxylation sites is 1. The van der Waals surface area contributed by atoms with E-state index in [0.29, 0.717) is 4.90 Å². The maximum Gasteiger partial charge on any atom is 0.289 e. The van der Waals surface area contributed by atoms with Gasteiger partial charge in [-0.2, -0.15) is 0 Å². The Bertz CT molecular complexity index is 744. The fraction of sp³-hybridized carbons (Fsp3) is 0.0769. The summed E-state index contributed by atoms with van der Waals surface area (Å²) in [7, 11) is 0. The van der Waals surface area contributed by atoms with E-state index in [-0.39, 0.29) is 16.1 Å². The van der Waals surface area contributed by atoms with E-state index in [9.17, 15) is 20.2 Å². The van der Waals surface area contributed by atoms with Crippen LogP contribution in [0.3, 0.4) is 0 Å². The van der Waals surface area contributed by atoms with Crippen molar-refractivity contribution in [2.45, 2.75) is 14.5 Å². The summed E-state index contributed by atoms with van der Waals surface area (Å²) in [5.41, 5.74) is 0.443. The summed E-state index contributed by atoms with van der Waals surface area (Å²) in [5, 5.41) is 25.1. The van der Waals surface area contributed by atoms with Crippen LogP contribution in [-0.4, -0.2) is 14.6 Å². The number of non-ortho nitro benzene ring substituents is 1. The third-order valence-electron chi connectivity index (χ3n) is 2.98. The van der Waals surface area contributed by atoms with E-state index in [1.807, 2.05) is 24.3 Å². The minimum atomic E-state index is -0.639. The highest BCUT2D eigenvalue weighted by molar-refractivity contribution is 8.17. The van der Waals surface area contributed by atoms with Gasteiger partial charge in [0.1, 0.15) is 4.71 Å². The molecule has 0 spiro atoms. The number of hydrogen-bond donors (Lipinski definition) is 1. The van der Waals surface area contributed by atoms with Crippen LogP contribution < -0.4 is 5.32 Å². The molecule has 0 fully saturated rings. The second-order valence-electron chi connectivity index (χ2n) is 4.37. The predicted molar refractivity (Wildman–Crippen MR) is 85.3 cm³/mol. The van der Waals surface area contributed by atoms with Gasteiger partial charge < -0.3 is 5.32 Å². The number of anilines is 1. The second-order valence-corrected chi connectivity index (χ2v) is 6.97. The van der Waals surface area contributed by atoms with Crippen molar-refractivity contribution in [3.05, 3.63) is 62.7 Å². The molecule has 7 nitrogen and oxygen atoms in total. The Morgan fingerprint density at radius 1 is 1.09 bits per heavy atom. The van der Waals surface area contributed by atoms with Crippen LogP contribution in [0.25, 0.3) is 0 Å². The molecule has 0 aliphatic carbocycles. The lowest BCUT2D eigenvalue weighted by molar-refractivity contribution is -0.396. The zero-order valence-corrected chi connectivity index (χ0v) is 12.6. The molecule has 1 heterocycles. The van der Waals surface area contributed by atoms with Crippen molar-refractivity contribution < 1.29 is 9.85 Å². The maximum atomic E-state index is 11.1. The summed E-state index contributed by atoms with van der Waals surface area (Å²) < 4.78 is -0.113. The zero-order valence-electron chi connectivity index (χ0n) is 11.0. The molecule has 22 heavy (non-hydrogen) atoms. The van der Waals surface area contributed by atoms with E-state index in [2.05, 4.69) is 5.32 Å². The average molecular weight is 335 g/mol. The number of nitro benzene ring substituents is 2. The smallest absolute Gasteiger partial charge is 0.289 e. The van der Waals surface area contributed by atoms with Gasteiger partial charge in [-0.3, -0.25) is 20.2 Å². The summed E-state index contributed by atoms with van der Waals surface area (Å²) in [6.07, 6.45) is 0. The van der Waals surface area contributed by atoms with Gasteiger partial charge in [0.25, 0.3) is 11.4 Å². The fourth-order valence-electron chi connectivity index (χ4n) is 1.99. The zero-order chi connectivity index (χ0) is 15.7. The lowest BCUT2D eigenvalue weighted by Crippen LogP contribution is -2.05. The molecule has 0 radical (unpaired) electrons. The number of nitrogens with zero attached hydrogens (tertiary/aromatic N) is 2. The summed E-state index contributed by atoms with van der Waals surface area (Å²) in [4.78, 5) is 22.1. The van der Waals surface area contributed by atoms with Gasteiger partial charge in [0.15, 0.2) is 0 Å². The Hall–Kier alpha value is -2.26. The molecular formula is C13H9N3O4S2. The molecule has 0 saturated carbocycles. The number of nitrogens with one attached hydrogen (secondary N) is 1. The molecule has 1 unspecified atom stereocenters. The molecule has 1 N–H and O–H groups in total. The molecule has 1 aliphatic rings. The van der Waals surface area contributed by atoms with Crippen molar-refractivity contribution in [2.24, 2.45) is 0 Å². The summed E-state index contributed by atoms with van der Waals surface area (Å²) in [6.45, 7) is 0. The first-order valence-electron chi connectivity index (χ1n) is 6.16. The molecule has 9 heteroatoms. The van der Waals surface area contributed by atoms with Crippen molar-refractivity contribution in [1.82, 2.24) is 0 Å². The number of rotatable bonds is 4. The van der Waals surface area contributed by atoms with Gasteiger partial charge in [0.05, 0.1) is 20.8 Å². The highest BCUT2D eigenvalue weighted by atomic mass is 32.2. The molecule has 3 rings (SSSR count). The monoisotopic (exact) mass is 335 g/mol. The minimum absolute atomic E-state index is 0.113. The Morgan fingerprint density at radius 3 is 2.55 bits per heavy atom. The van der Waals surface area contributed by atoms with Crippen molar-refractivity contribution in [3.8, 4) is 0 Å². The maximum absolute atomic E-state index is 11.1. The summed E-state index contributed by atoms with van der Waals surface area (Å²) >= 11 is 2.83. The standard InChI is InChI=1S/C13H9N3O4S2/c17-15(18)8-5-6-12(10(7-8)16(19)20)22-13-14-9-3-1-2-4-11(9)21-13/h1-7,13-14H. The Labute approximate surface area is 133 Å². The van der Waals surface area contributed by atoms with Gasteiger partial charge in [0.2, 0.25) is 0 Å². The number of fused-ring (bicyclic) bond motifs is 1. The van der Waals surface area contributed by atoms with Gasteiger partial charge in [-0.15, -0.1) is 0 Å². The van der Waals surface area contributed by atoms with E-state index >= 15 is 0 Å². The van der Waals surface area contributed by atoms with Crippen molar-refractivity contribution in [3.63, 3.8) is 0 Å².